The van der Waals surface area contributed by atoms with Crippen LogP contribution in [0.1, 0.15) is 38.3 Å². The fraction of sp³-hybridized carbons (Fsp3) is 0.355. The van der Waals surface area contributed by atoms with Crippen LogP contribution in [0.25, 0.3) is 0 Å². The molecule has 2 amide bonds. The molecule has 0 unspecified atom stereocenters. The number of nitrogens with zero attached hydrogens (tertiary/aromatic N) is 2. The molecule has 11 heteroatoms. The van der Waals surface area contributed by atoms with E-state index in [-0.39, 0.29) is 23.3 Å². The third kappa shape index (κ3) is 8.40. The number of amides is 2. The van der Waals surface area contributed by atoms with Gasteiger partial charge in [0.05, 0.1) is 17.7 Å². The smallest absolute Gasteiger partial charge is 0.264 e. The van der Waals surface area contributed by atoms with E-state index in [0.717, 1.165) is 9.87 Å². The number of anilines is 1. The first-order valence-electron chi connectivity index (χ1n) is 13.6. The Morgan fingerprint density at radius 3 is 2.17 bits per heavy atom. The zero-order valence-corrected chi connectivity index (χ0v) is 26.8. The summed E-state index contributed by atoms with van der Waals surface area (Å²) >= 11 is 12.6. The van der Waals surface area contributed by atoms with E-state index in [2.05, 4.69) is 5.32 Å². The Morgan fingerprint density at radius 1 is 0.976 bits per heavy atom. The molecule has 0 saturated carbocycles. The highest BCUT2D eigenvalue weighted by atomic mass is 35.5. The molecule has 1 N–H and O–H groups in total. The van der Waals surface area contributed by atoms with Crippen LogP contribution in [0, 0.1) is 12.8 Å². The van der Waals surface area contributed by atoms with Crippen molar-refractivity contribution in [3.63, 3.8) is 0 Å². The van der Waals surface area contributed by atoms with Crippen LogP contribution in [0.2, 0.25) is 10.0 Å². The summed E-state index contributed by atoms with van der Waals surface area (Å²) in [5.41, 5.74) is 1.81. The first kappa shape index (κ1) is 33.2. The molecule has 1 atom stereocenters. The van der Waals surface area contributed by atoms with Crippen molar-refractivity contribution in [2.75, 3.05) is 24.5 Å². The van der Waals surface area contributed by atoms with Gasteiger partial charge in [-0.15, -0.1) is 0 Å². The number of hydrogen-bond donors (Lipinski definition) is 1. The van der Waals surface area contributed by atoms with Gasteiger partial charge in [0, 0.05) is 23.1 Å². The van der Waals surface area contributed by atoms with Crippen molar-refractivity contribution >= 4 is 50.7 Å². The topological polar surface area (TPSA) is 96.0 Å². The zero-order valence-electron chi connectivity index (χ0n) is 24.4. The molecule has 226 valence electrons. The minimum Gasteiger partial charge on any atom is -0.497 e. The van der Waals surface area contributed by atoms with Crippen molar-refractivity contribution in [3.8, 4) is 5.75 Å². The van der Waals surface area contributed by atoms with E-state index in [9.17, 15) is 18.0 Å². The predicted octanol–water partition coefficient (Wildman–Crippen LogP) is 6.09. The SMILES string of the molecule is CC[C@@H](C(=O)NCC(C)C)N(Cc1ccc(Cl)cc1Cl)C(=O)CN(c1ccc(C)cc1)S(=O)(=O)c1ccc(OC)cc1. The van der Waals surface area contributed by atoms with E-state index in [4.69, 9.17) is 27.9 Å². The standard InChI is InChI=1S/C31H37Cl2N3O5S/c1-6-29(31(38)34-18-21(2)3)35(19-23-9-10-24(32)17-28(23)33)30(37)20-36(25-11-7-22(4)8-12-25)42(39,40)27-15-13-26(41-5)14-16-27/h7-17,21,29H,6,18-20H2,1-5H3,(H,34,38)/t29-/m0/s1. The maximum atomic E-state index is 14.1. The lowest BCUT2D eigenvalue weighted by atomic mass is 10.1. The van der Waals surface area contributed by atoms with Crippen LogP contribution in [0.15, 0.2) is 71.6 Å². The number of benzene rings is 3. The molecule has 3 rings (SSSR count). The third-order valence-electron chi connectivity index (χ3n) is 6.67. The van der Waals surface area contributed by atoms with Crippen molar-refractivity contribution in [2.24, 2.45) is 5.92 Å². The Hall–Kier alpha value is -3.27. The van der Waals surface area contributed by atoms with Gasteiger partial charge in [-0.1, -0.05) is 67.7 Å². The predicted molar refractivity (Wildman–Crippen MR) is 168 cm³/mol. The molecule has 0 bridgehead atoms. The van der Waals surface area contributed by atoms with E-state index < -0.39 is 28.5 Å². The second kappa shape index (κ2) is 14.8. The number of nitrogens with one attached hydrogen (secondary N) is 1. The van der Waals surface area contributed by atoms with Gasteiger partial charge in [0.2, 0.25) is 11.8 Å². The minimum absolute atomic E-state index is 0.00862. The number of carbonyl (C=O) groups is 2. The largest absolute Gasteiger partial charge is 0.497 e. The maximum absolute atomic E-state index is 14.1. The van der Waals surface area contributed by atoms with Gasteiger partial charge in [-0.3, -0.25) is 13.9 Å². The lowest BCUT2D eigenvalue weighted by Gasteiger charge is -2.33. The zero-order chi connectivity index (χ0) is 31.0. The number of ether oxygens (including phenoxy) is 1. The van der Waals surface area contributed by atoms with Crippen LogP contribution >= 0.6 is 23.2 Å². The monoisotopic (exact) mass is 633 g/mol. The van der Waals surface area contributed by atoms with Crippen molar-refractivity contribution in [1.29, 1.82) is 0 Å². The van der Waals surface area contributed by atoms with Gasteiger partial charge in [-0.2, -0.15) is 0 Å². The molecule has 8 nitrogen and oxygen atoms in total. The molecular formula is C31H37Cl2N3O5S. The van der Waals surface area contributed by atoms with Crippen molar-refractivity contribution in [2.45, 2.75) is 51.6 Å². The van der Waals surface area contributed by atoms with E-state index in [0.29, 0.717) is 40.0 Å². The number of carbonyl (C=O) groups excluding carboxylic acids is 2. The van der Waals surface area contributed by atoms with Crippen LogP contribution in [-0.2, 0) is 26.2 Å². The van der Waals surface area contributed by atoms with Crippen LogP contribution < -0.4 is 14.4 Å². The van der Waals surface area contributed by atoms with Gasteiger partial charge in [-0.05, 0) is 73.4 Å². The highest BCUT2D eigenvalue weighted by Gasteiger charge is 2.34. The fourth-order valence-electron chi connectivity index (χ4n) is 4.29. The first-order valence-corrected chi connectivity index (χ1v) is 15.8. The molecule has 42 heavy (non-hydrogen) atoms. The van der Waals surface area contributed by atoms with Crippen LogP contribution in [-0.4, -0.2) is 51.4 Å². The molecular weight excluding hydrogens is 597 g/mol. The molecule has 0 radical (unpaired) electrons. The highest BCUT2D eigenvalue weighted by molar-refractivity contribution is 7.92. The normalized spacial score (nSPS) is 12.1. The van der Waals surface area contributed by atoms with Gasteiger partial charge >= 0.3 is 0 Å². The summed E-state index contributed by atoms with van der Waals surface area (Å²) in [6.45, 7) is 7.50. The molecule has 0 heterocycles. The van der Waals surface area contributed by atoms with E-state index in [1.807, 2.05) is 20.8 Å². The Kier molecular flexibility index (Phi) is 11.7. The van der Waals surface area contributed by atoms with E-state index in [1.165, 1.54) is 24.1 Å². The Labute approximate surface area is 258 Å². The fourth-order valence-corrected chi connectivity index (χ4v) is 6.17. The van der Waals surface area contributed by atoms with Crippen LogP contribution in [0.5, 0.6) is 5.75 Å². The number of methoxy groups -OCH3 is 1. The number of aryl methyl sites for hydroxylation is 1. The van der Waals surface area contributed by atoms with Crippen molar-refractivity contribution in [1.82, 2.24) is 10.2 Å². The first-order chi connectivity index (χ1) is 19.9. The van der Waals surface area contributed by atoms with Gasteiger partial charge in [0.15, 0.2) is 0 Å². The molecule has 3 aromatic carbocycles. The van der Waals surface area contributed by atoms with Crippen LogP contribution in [0.4, 0.5) is 5.69 Å². The lowest BCUT2D eigenvalue weighted by molar-refractivity contribution is -0.140. The van der Waals surface area contributed by atoms with E-state index >= 15 is 0 Å². The average Bonchev–Trinajstić information content (AvgIpc) is 2.96. The maximum Gasteiger partial charge on any atom is 0.264 e. The molecule has 0 aliphatic rings. The number of rotatable bonds is 13. The van der Waals surface area contributed by atoms with Gasteiger partial charge in [0.1, 0.15) is 18.3 Å². The summed E-state index contributed by atoms with van der Waals surface area (Å²) in [4.78, 5) is 28.8. The summed E-state index contributed by atoms with van der Waals surface area (Å²) in [7, 11) is -2.71. The van der Waals surface area contributed by atoms with Gasteiger partial charge < -0.3 is 15.0 Å². The van der Waals surface area contributed by atoms with Crippen molar-refractivity contribution in [3.05, 3.63) is 87.9 Å². The summed E-state index contributed by atoms with van der Waals surface area (Å²) < 4.78 is 34.2. The molecule has 0 fully saturated rings. The Morgan fingerprint density at radius 2 is 1.62 bits per heavy atom. The third-order valence-corrected chi connectivity index (χ3v) is 9.05. The van der Waals surface area contributed by atoms with E-state index in [1.54, 1.807) is 61.5 Å². The lowest BCUT2D eigenvalue weighted by Crippen LogP contribution is -2.52. The quantitative estimate of drug-likeness (QED) is 0.246. The number of sulfonamides is 1. The number of hydrogen-bond acceptors (Lipinski definition) is 5. The van der Waals surface area contributed by atoms with Gasteiger partial charge in [-0.25, -0.2) is 8.42 Å². The average molecular weight is 635 g/mol. The van der Waals surface area contributed by atoms with Gasteiger partial charge in [0.25, 0.3) is 10.0 Å². The van der Waals surface area contributed by atoms with Crippen molar-refractivity contribution < 1.29 is 22.7 Å². The molecule has 0 saturated heterocycles. The molecule has 0 aliphatic carbocycles. The Balaban J connectivity index is 2.06. The highest BCUT2D eigenvalue weighted by Crippen LogP contribution is 2.28. The molecule has 0 aromatic heterocycles. The Bertz CT molecular complexity index is 1480. The summed E-state index contributed by atoms with van der Waals surface area (Å²) in [6, 6.07) is 16.8. The minimum atomic E-state index is -4.20. The van der Waals surface area contributed by atoms with Crippen LogP contribution in [0.3, 0.4) is 0 Å². The molecule has 0 spiro atoms. The molecule has 0 aliphatic heterocycles. The summed E-state index contributed by atoms with van der Waals surface area (Å²) in [6.07, 6.45) is 0.302. The second-order valence-corrected chi connectivity index (χ2v) is 13.0. The summed E-state index contributed by atoms with van der Waals surface area (Å²) in [5.74, 6) is -0.195. The number of halogens is 2. The second-order valence-electron chi connectivity index (χ2n) is 10.3. The molecule has 3 aromatic rings. The summed E-state index contributed by atoms with van der Waals surface area (Å²) in [5, 5.41) is 3.67.